The molecule has 1 aliphatic heterocycles. The summed E-state index contributed by atoms with van der Waals surface area (Å²) in [7, 11) is 0. The van der Waals surface area contributed by atoms with E-state index in [0.29, 0.717) is 55.4 Å². The second-order valence-corrected chi connectivity index (χ2v) is 8.32. The van der Waals surface area contributed by atoms with Crippen LogP contribution >= 0.6 is 36.4 Å². The number of benzene rings is 1. The molecule has 1 aromatic heterocycles. The average Bonchev–Trinajstić information content (AvgIpc) is 3.14. The molecule has 2 N–H and O–H groups in total. The van der Waals surface area contributed by atoms with E-state index in [-0.39, 0.29) is 36.7 Å². The summed E-state index contributed by atoms with van der Waals surface area (Å²) in [5, 5.41) is 4.06. The molecule has 0 bridgehead atoms. The molecule has 0 spiro atoms. The van der Waals surface area contributed by atoms with Crippen molar-refractivity contribution in [1.29, 1.82) is 0 Å². The SMILES string of the molecule is Cl.Cl.NCC1(c2cc(Cl)ccc2F)CCC(N2CCn3nc(C(F)(F)F)nc3C2)CC1. The number of hydrogen-bond donors (Lipinski definition) is 1. The number of fused-ring (bicyclic) bond motifs is 1. The van der Waals surface area contributed by atoms with E-state index in [1.807, 2.05) is 0 Å². The van der Waals surface area contributed by atoms with Gasteiger partial charge in [-0.1, -0.05) is 11.6 Å². The van der Waals surface area contributed by atoms with Crippen LogP contribution in [0.5, 0.6) is 0 Å². The zero-order valence-corrected chi connectivity index (χ0v) is 18.9. The molecule has 1 fully saturated rings. The van der Waals surface area contributed by atoms with Crippen molar-refractivity contribution >= 4 is 36.4 Å². The van der Waals surface area contributed by atoms with Crippen molar-refractivity contribution in [1.82, 2.24) is 19.7 Å². The third-order valence-corrected chi connectivity index (χ3v) is 6.50. The third kappa shape index (κ3) is 5.11. The predicted molar refractivity (Wildman–Crippen MR) is 114 cm³/mol. The highest BCUT2D eigenvalue weighted by molar-refractivity contribution is 6.30. The maximum atomic E-state index is 14.5. The van der Waals surface area contributed by atoms with Gasteiger partial charge in [-0.25, -0.2) is 14.1 Å². The Balaban J connectivity index is 0.00000171. The monoisotopic (exact) mass is 503 g/mol. The van der Waals surface area contributed by atoms with Crippen LogP contribution in [-0.2, 0) is 24.7 Å². The van der Waals surface area contributed by atoms with Gasteiger partial charge >= 0.3 is 6.18 Å². The minimum atomic E-state index is -4.54. The lowest BCUT2D eigenvalue weighted by atomic mass is 9.67. The van der Waals surface area contributed by atoms with Gasteiger partial charge in [0.05, 0.1) is 13.1 Å². The predicted octanol–water partition coefficient (Wildman–Crippen LogP) is 4.59. The van der Waals surface area contributed by atoms with Gasteiger partial charge in [0.2, 0.25) is 0 Å². The summed E-state index contributed by atoms with van der Waals surface area (Å²) in [6, 6.07) is 4.75. The van der Waals surface area contributed by atoms with E-state index in [4.69, 9.17) is 17.3 Å². The summed E-state index contributed by atoms with van der Waals surface area (Å²) in [6.07, 6.45) is -1.58. The first-order chi connectivity index (χ1) is 13.7. The van der Waals surface area contributed by atoms with Crippen LogP contribution in [0.15, 0.2) is 18.2 Å². The standard InChI is InChI=1S/C19H22ClF4N5.2ClH/c20-12-1-2-15(21)14(9-12)18(11-25)5-3-13(4-6-18)28-7-8-29-16(10-28)26-17(27-29)19(22,23)24;;/h1-2,9,13H,3-8,10-11,25H2;2*1H. The average molecular weight is 505 g/mol. The first-order valence-corrected chi connectivity index (χ1v) is 10.0. The number of rotatable bonds is 3. The molecular weight excluding hydrogens is 481 g/mol. The Morgan fingerprint density at radius 3 is 2.45 bits per heavy atom. The maximum Gasteiger partial charge on any atom is 0.453 e. The van der Waals surface area contributed by atoms with Gasteiger partial charge in [0, 0.05) is 29.6 Å². The summed E-state index contributed by atoms with van der Waals surface area (Å²) >= 11 is 6.08. The maximum absolute atomic E-state index is 14.5. The van der Waals surface area contributed by atoms with Gasteiger partial charge in [-0.05, 0) is 49.4 Å². The molecule has 0 radical (unpaired) electrons. The van der Waals surface area contributed by atoms with Crippen molar-refractivity contribution < 1.29 is 17.6 Å². The molecule has 0 atom stereocenters. The molecule has 0 saturated heterocycles. The lowest BCUT2D eigenvalue weighted by molar-refractivity contribution is -0.145. The number of halogens is 7. The molecule has 174 valence electrons. The van der Waals surface area contributed by atoms with E-state index in [1.165, 1.54) is 16.8 Å². The lowest BCUT2D eigenvalue weighted by Gasteiger charge is -2.44. The quantitative estimate of drug-likeness (QED) is 0.621. The van der Waals surface area contributed by atoms with Crippen LogP contribution in [-0.4, -0.2) is 38.8 Å². The zero-order valence-electron chi connectivity index (χ0n) is 16.5. The van der Waals surface area contributed by atoms with E-state index in [2.05, 4.69) is 15.0 Å². The molecule has 0 unspecified atom stereocenters. The van der Waals surface area contributed by atoms with E-state index in [9.17, 15) is 17.6 Å². The Hall–Kier alpha value is -1.13. The number of hydrogen-bond acceptors (Lipinski definition) is 4. The van der Waals surface area contributed by atoms with Crippen molar-refractivity contribution in [3.63, 3.8) is 0 Å². The molecule has 4 rings (SSSR count). The third-order valence-electron chi connectivity index (χ3n) is 6.26. The Morgan fingerprint density at radius 1 is 1.16 bits per heavy atom. The van der Waals surface area contributed by atoms with Gasteiger partial charge in [0.1, 0.15) is 11.6 Å². The summed E-state index contributed by atoms with van der Waals surface area (Å²) < 4.78 is 54.4. The molecule has 2 heterocycles. The summed E-state index contributed by atoms with van der Waals surface area (Å²) in [6.45, 7) is 1.63. The zero-order chi connectivity index (χ0) is 20.8. The van der Waals surface area contributed by atoms with Crippen LogP contribution in [0, 0.1) is 5.82 Å². The van der Waals surface area contributed by atoms with Gasteiger partial charge in [-0.15, -0.1) is 29.9 Å². The second-order valence-electron chi connectivity index (χ2n) is 7.88. The van der Waals surface area contributed by atoms with E-state index >= 15 is 0 Å². The Labute approximate surface area is 195 Å². The number of nitrogens with two attached hydrogens (primary N) is 1. The minimum Gasteiger partial charge on any atom is -0.330 e. The molecule has 2 aliphatic rings. The molecule has 1 saturated carbocycles. The summed E-state index contributed by atoms with van der Waals surface area (Å²) in [5.74, 6) is -1.05. The second kappa shape index (κ2) is 9.79. The normalized spacial score (nSPS) is 24.1. The van der Waals surface area contributed by atoms with E-state index < -0.39 is 17.4 Å². The molecule has 1 aromatic carbocycles. The van der Waals surface area contributed by atoms with Crippen LogP contribution in [0.25, 0.3) is 0 Å². The fourth-order valence-electron chi connectivity index (χ4n) is 4.59. The first-order valence-electron chi connectivity index (χ1n) is 9.62. The fourth-order valence-corrected chi connectivity index (χ4v) is 4.77. The van der Waals surface area contributed by atoms with Crippen molar-refractivity contribution in [2.75, 3.05) is 13.1 Å². The molecule has 0 amide bonds. The van der Waals surface area contributed by atoms with Gasteiger partial charge < -0.3 is 5.73 Å². The number of aromatic nitrogens is 3. The molecule has 1 aliphatic carbocycles. The minimum absolute atomic E-state index is 0. The topological polar surface area (TPSA) is 60.0 Å². The van der Waals surface area contributed by atoms with Crippen LogP contribution in [0.2, 0.25) is 5.02 Å². The highest BCUT2D eigenvalue weighted by Crippen LogP contribution is 2.42. The van der Waals surface area contributed by atoms with Gasteiger partial charge in [0.25, 0.3) is 5.82 Å². The Morgan fingerprint density at radius 2 is 1.84 bits per heavy atom. The van der Waals surface area contributed by atoms with Crippen LogP contribution < -0.4 is 5.73 Å². The van der Waals surface area contributed by atoms with Crippen molar-refractivity contribution in [3.05, 3.63) is 46.3 Å². The highest BCUT2D eigenvalue weighted by atomic mass is 35.5. The van der Waals surface area contributed by atoms with Crippen LogP contribution in [0.3, 0.4) is 0 Å². The van der Waals surface area contributed by atoms with Crippen molar-refractivity contribution in [3.8, 4) is 0 Å². The Bertz CT molecular complexity index is 897. The van der Waals surface area contributed by atoms with Gasteiger partial charge in [-0.2, -0.15) is 13.2 Å². The first kappa shape index (κ1) is 26.1. The number of nitrogens with zero attached hydrogens (tertiary/aromatic N) is 4. The van der Waals surface area contributed by atoms with Crippen molar-refractivity contribution in [2.24, 2.45) is 5.73 Å². The van der Waals surface area contributed by atoms with Crippen LogP contribution in [0.1, 0.15) is 42.9 Å². The van der Waals surface area contributed by atoms with Gasteiger partial charge in [0.15, 0.2) is 0 Å². The number of alkyl halides is 3. The molecule has 2 aromatic rings. The fraction of sp³-hybridized carbons (Fsp3) is 0.579. The molecule has 12 heteroatoms. The van der Waals surface area contributed by atoms with Crippen LogP contribution in [0.4, 0.5) is 17.6 Å². The van der Waals surface area contributed by atoms with E-state index in [0.717, 1.165) is 12.8 Å². The van der Waals surface area contributed by atoms with Gasteiger partial charge in [-0.3, -0.25) is 4.90 Å². The largest absolute Gasteiger partial charge is 0.453 e. The smallest absolute Gasteiger partial charge is 0.330 e. The molecular formula is C19H24Cl3F4N5. The molecule has 5 nitrogen and oxygen atoms in total. The van der Waals surface area contributed by atoms with Crippen molar-refractivity contribution in [2.45, 2.75) is 56.4 Å². The molecule has 31 heavy (non-hydrogen) atoms. The van der Waals surface area contributed by atoms with E-state index in [1.54, 1.807) is 6.07 Å². The Kier molecular flexibility index (Phi) is 8.25. The summed E-state index contributed by atoms with van der Waals surface area (Å²) in [5.41, 5.74) is 6.16. The lowest BCUT2D eigenvalue weighted by Crippen LogP contribution is -2.48. The summed E-state index contributed by atoms with van der Waals surface area (Å²) in [4.78, 5) is 5.83. The highest BCUT2D eigenvalue weighted by Gasteiger charge is 2.41.